The van der Waals surface area contributed by atoms with Gasteiger partial charge in [0, 0.05) is 25.6 Å². The normalized spacial score (nSPS) is 21.8. The topological polar surface area (TPSA) is 70.6 Å². The molecule has 1 aromatic rings. The lowest BCUT2D eigenvalue weighted by Crippen LogP contribution is -2.36. The van der Waals surface area contributed by atoms with Crippen LogP contribution in [0.4, 0.5) is 0 Å². The molecule has 0 spiro atoms. The first-order valence-electron chi connectivity index (χ1n) is 6.92. The van der Waals surface area contributed by atoms with Crippen LogP contribution >= 0.6 is 0 Å². The molecule has 2 rings (SSSR count). The van der Waals surface area contributed by atoms with Crippen molar-refractivity contribution in [3.63, 3.8) is 0 Å². The summed E-state index contributed by atoms with van der Waals surface area (Å²) in [6.07, 6.45) is -0.379. The van der Waals surface area contributed by atoms with Crippen LogP contribution in [0.1, 0.15) is 11.1 Å². The van der Waals surface area contributed by atoms with Crippen molar-refractivity contribution in [3.05, 3.63) is 29.3 Å². The van der Waals surface area contributed by atoms with Gasteiger partial charge < -0.3 is 20.5 Å². The molecular weight excluding hydrogens is 256 g/mol. The summed E-state index contributed by atoms with van der Waals surface area (Å²) >= 11 is 0. The lowest BCUT2D eigenvalue weighted by atomic mass is 10.1. The Morgan fingerprint density at radius 1 is 1.45 bits per heavy atom. The number of amides is 1. The molecule has 1 saturated heterocycles. The van der Waals surface area contributed by atoms with Gasteiger partial charge in [-0.3, -0.25) is 4.79 Å². The van der Waals surface area contributed by atoms with Crippen LogP contribution in [0, 0.1) is 19.8 Å². The molecule has 5 heteroatoms. The fraction of sp³-hybridized carbons (Fsp3) is 0.533. The summed E-state index contributed by atoms with van der Waals surface area (Å²) in [7, 11) is 0. The Labute approximate surface area is 119 Å². The molecule has 20 heavy (non-hydrogen) atoms. The third kappa shape index (κ3) is 3.95. The van der Waals surface area contributed by atoms with E-state index in [0.29, 0.717) is 13.1 Å². The molecule has 0 aliphatic carbocycles. The van der Waals surface area contributed by atoms with Gasteiger partial charge in [-0.1, -0.05) is 17.7 Å². The van der Waals surface area contributed by atoms with Gasteiger partial charge in [0.1, 0.15) is 5.75 Å². The first-order valence-corrected chi connectivity index (χ1v) is 6.92. The van der Waals surface area contributed by atoms with E-state index < -0.39 is 0 Å². The fourth-order valence-corrected chi connectivity index (χ4v) is 2.33. The number of rotatable bonds is 5. The Kier molecular flexibility index (Phi) is 4.98. The zero-order chi connectivity index (χ0) is 14.5. The molecule has 1 heterocycles. The smallest absolute Gasteiger partial charge is 0.257 e. The number of aryl methyl sites for hydroxylation is 2. The third-order valence-electron chi connectivity index (χ3n) is 3.55. The van der Waals surface area contributed by atoms with Gasteiger partial charge in [-0.05, 0) is 25.5 Å². The minimum Gasteiger partial charge on any atom is -0.484 e. The molecule has 1 aromatic carbocycles. The van der Waals surface area contributed by atoms with E-state index in [-0.39, 0.29) is 24.5 Å². The molecule has 0 bridgehead atoms. The van der Waals surface area contributed by atoms with Crippen molar-refractivity contribution >= 4 is 5.91 Å². The number of benzene rings is 1. The van der Waals surface area contributed by atoms with E-state index in [1.807, 2.05) is 32.0 Å². The van der Waals surface area contributed by atoms with E-state index in [1.165, 1.54) is 5.56 Å². The summed E-state index contributed by atoms with van der Waals surface area (Å²) in [5.41, 5.74) is 2.19. The predicted molar refractivity (Wildman–Crippen MR) is 76.8 cm³/mol. The molecule has 0 saturated carbocycles. The summed E-state index contributed by atoms with van der Waals surface area (Å²) in [5, 5.41) is 15.5. The molecule has 1 amide bonds. The number of aliphatic hydroxyl groups is 1. The molecule has 1 aliphatic heterocycles. The van der Waals surface area contributed by atoms with Crippen LogP contribution in [0.3, 0.4) is 0 Å². The van der Waals surface area contributed by atoms with Crippen LogP contribution in [0.5, 0.6) is 5.75 Å². The van der Waals surface area contributed by atoms with Gasteiger partial charge in [-0.2, -0.15) is 0 Å². The van der Waals surface area contributed by atoms with Crippen LogP contribution in [-0.4, -0.2) is 43.4 Å². The highest BCUT2D eigenvalue weighted by atomic mass is 16.5. The van der Waals surface area contributed by atoms with Gasteiger partial charge in [-0.25, -0.2) is 0 Å². The number of hydrogen-bond donors (Lipinski definition) is 3. The quantitative estimate of drug-likeness (QED) is 0.728. The maximum Gasteiger partial charge on any atom is 0.257 e. The maximum atomic E-state index is 11.7. The Morgan fingerprint density at radius 2 is 2.25 bits per heavy atom. The molecule has 2 unspecified atom stereocenters. The first-order chi connectivity index (χ1) is 9.56. The van der Waals surface area contributed by atoms with Gasteiger partial charge >= 0.3 is 0 Å². The predicted octanol–water partition coefficient (Wildman–Crippen LogP) is 0.379. The fourth-order valence-electron chi connectivity index (χ4n) is 2.33. The zero-order valence-corrected chi connectivity index (χ0v) is 12.0. The number of carbonyl (C=O) groups is 1. The highest BCUT2D eigenvalue weighted by Crippen LogP contribution is 2.18. The number of carbonyl (C=O) groups excluding carboxylic acids is 1. The van der Waals surface area contributed by atoms with Gasteiger partial charge in [0.15, 0.2) is 6.61 Å². The molecule has 0 aromatic heterocycles. The monoisotopic (exact) mass is 278 g/mol. The standard InChI is InChI=1S/C15H22N2O3/c1-10-3-4-14(11(2)5-10)20-9-15(19)17-7-12-6-16-8-13(12)18/h3-5,12-13,16,18H,6-9H2,1-2H3,(H,17,19). The lowest BCUT2D eigenvalue weighted by Gasteiger charge is -2.14. The minimum atomic E-state index is -0.379. The van der Waals surface area contributed by atoms with Crippen molar-refractivity contribution < 1.29 is 14.6 Å². The van der Waals surface area contributed by atoms with Crippen molar-refractivity contribution in [3.8, 4) is 5.75 Å². The van der Waals surface area contributed by atoms with Crippen LogP contribution in [-0.2, 0) is 4.79 Å². The Morgan fingerprint density at radius 3 is 2.90 bits per heavy atom. The summed E-state index contributed by atoms with van der Waals surface area (Å²) < 4.78 is 5.51. The average Bonchev–Trinajstić information content (AvgIpc) is 2.81. The molecule has 0 radical (unpaired) electrons. The largest absolute Gasteiger partial charge is 0.484 e. The molecule has 5 nitrogen and oxygen atoms in total. The highest BCUT2D eigenvalue weighted by molar-refractivity contribution is 5.77. The van der Waals surface area contributed by atoms with Gasteiger partial charge in [0.2, 0.25) is 0 Å². The molecule has 2 atom stereocenters. The molecule has 1 fully saturated rings. The summed E-state index contributed by atoms with van der Waals surface area (Å²) in [6, 6.07) is 5.86. The number of ether oxygens (including phenoxy) is 1. The van der Waals surface area contributed by atoms with E-state index in [1.54, 1.807) is 0 Å². The van der Waals surface area contributed by atoms with E-state index in [2.05, 4.69) is 10.6 Å². The van der Waals surface area contributed by atoms with E-state index in [4.69, 9.17) is 4.74 Å². The number of hydrogen-bond acceptors (Lipinski definition) is 4. The van der Waals surface area contributed by atoms with E-state index >= 15 is 0 Å². The second-order valence-corrected chi connectivity index (χ2v) is 5.35. The average molecular weight is 278 g/mol. The van der Waals surface area contributed by atoms with Crippen molar-refractivity contribution in [1.82, 2.24) is 10.6 Å². The first kappa shape index (κ1) is 14.8. The van der Waals surface area contributed by atoms with Crippen molar-refractivity contribution in [2.24, 2.45) is 5.92 Å². The number of aliphatic hydroxyl groups excluding tert-OH is 1. The van der Waals surface area contributed by atoms with Crippen molar-refractivity contribution in [2.75, 3.05) is 26.2 Å². The summed E-state index contributed by atoms with van der Waals surface area (Å²) in [5.74, 6) is 0.650. The minimum absolute atomic E-state index is 0.000144. The van der Waals surface area contributed by atoms with Gasteiger partial charge in [0.05, 0.1) is 6.10 Å². The van der Waals surface area contributed by atoms with Gasteiger partial charge in [0.25, 0.3) is 5.91 Å². The van der Waals surface area contributed by atoms with E-state index in [0.717, 1.165) is 17.9 Å². The Hall–Kier alpha value is -1.59. The van der Waals surface area contributed by atoms with Crippen molar-refractivity contribution in [1.29, 1.82) is 0 Å². The van der Waals surface area contributed by atoms with E-state index in [9.17, 15) is 9.90 Å². The molecule has 3 N–H and O–H groups in total. The summed E-state index contributed by atoms with van der Waals surface area (Å²) in [6.45, 7) is 5.79. The molecule has 110 valence electrons. The van der Waals surface area contributed by atoms with Gasteiger partial charge in [-0.15, -0.1) is 0 Å². The second-order valence-electron chi connectivity index (χ2n) is 5.35. The molecule has 1 aliphatic rings. The second kappa shape index (κ2) is 6.72. The van der Waals surface area contributed by atoms with Crippen LogP contribution < -0.4 is 15.4 Å². The van der Waals surface area contributed by atoms with Crippen LogP contribution in [0.2, 0.25) is 0 Å². The number of β-amino-alcohol motifs (C(OH)–C–C–N with tert-alkyl or cyclic N) is 1. The Balaban J connectivity index is 1.74. The highest BCUT2D eigenvalue weighted by Gasteiger charge is 2.24. The third-order valence-corrected chi connectivity index (χ3v) is 3.55. The lowest BCUT2D eigenvalue weighted by molar-refractivity contribution is -0.123. The maximum absolute atomic E-state index is 11.7. The number of nitrogens with one attached hydrogen (secondary N) is 2. The van der Waals surface area contributed by atoms with Crippen LogP contribution in [0.15, 0.2) is 18.2 Å². The summed E-state index contributed by atoms with van der Waals surface area (Å²) in [4.78, 5) is 11.7. The van der Waals surface area contributed by atoms with Crippen molar-refractivity contribution in [2.45, 2.75) is 20.0 Å². The zero-order valence-electron chi connectivity index (χ0n) is 12.0. The van der Waals surface area contributed by atoms with Crippen LogP contribution in [0.25, 0.3) is 0 Å². The Bertz CT molecular complexity index is 476. The SMILES string of the molecule is Cc1ccc(OCC(=O)NCC2CNCC2O)c(C)c1. The molecular formula is C15H22N2O3.